The highest BCUT2D eigenvalue weighted by atomic mass is 16.5. The molecule has 0 aromatic heterocycles. The molecule has 0 spiro atoms. The van der Waals surface area contributed by atoms with Crippen molar-refractivity contribution in [3.63, 3.8) is 0 Å². The molecule has 4 heteroatoms. The van der Waals surface area contributed by atoms with E-state index in [-0.39, 0.29) is 12.5 Å². The van der Waals surface area contributed by atoms with Crippen LogP contribution in [0.1, 0.15) is 41.3 Å². The summed E-state index contributed by atoms with van der Waals surface area (Å²) in [5.74, 6) is 0.356. The van der Waals surface area contributed by atoms with Gasteiger partial charge in [0.25, 0.3) is 5.91 Å². The molecular formula is C15H23NO3. The van der Waals surface area contributed by atoms with Crippen LogP contribution in [-0.2, 0) is 11.3 Å². The van der Waals surface area contributed by atoms with Crippen molar-refractivity contribution < 1.29 is 14.6 Å². The number of benzene rings is 1. The second-order valence-electron chi connectivity index (χ2n) is 5.04. The number of aliphatic hydroxyl groups excluding tert-OH is 1. The van der Waals surface area contributed by atoms with Gasteiger partial charge in [-0.1, -0.05) is 19.9 Å². The summed E-state index contributed by atoms with van der Waals surface area (Å²) in [5, 5.41) is 8.75. The predicted octanol–water partition coefficient (Wildman–Crippen LogP) is 2.02. The van der Waals surface area contributed by atoms with E-state index in [0.717, 1.165) is 5.56 Å². The van der Waals surface area contributed by atoms with Crippen LogP contribution in [-0.4, -0.2) is 43.2 Å². The van der Waals surface area contributed by atoms with Gasteiger partial charge < -0.3 is 14.7 Å². The smallest absolute Gasteiger partial charge is 0.253 e. The highest BCUT2D eigenvalue weighted by Gasteiger charge is 2.13. The zero-order chi connectivity index (χ0) is 14.4. The number of hydrogen-bond acceptors (Lipinski definition) is 3. The SMILES string of the molecule is CC(C)c1ccc(C(=O)N(C)C)cc1COCCO. The fourth-order valence-corrected chi connectivity index (χ4v) is 1.93. The van der Waals surface area contributed by atoms with Crippen molar-refractivity contribution in [2.24, 2.45) is 0 Å². The summed E-state index contributed by atoms with van der Waals surface area (Å²) in [7, 11) is 3.47. The maximum atomic E-state index is 12.0. The van der Waals surface area contributed by atoms with Crippen molar-refractivity contribution in [1.29, 1.82) is 0 Å². The average Bonchev–Trinajstić information content (AvgIpc) is 2.37. The van der Waals surface area contributed by atoms with Gasteiger partial charge in [0.2, 0.25) is 0 Å². The summed E-state index contributed by atoms with van der Waals surface area (Å²) >= 11 is 0. The number of carbonyl (C=O) groups is 1. The molecule has 0 fully saturated rings. The molecule has 0 bridgehead atoms. The zero-order valence-electron chi connectivity index (χ0n) is 12.1. The Labute approximate surface area is 115 Å². The summed E-state index contributed by atoms with van der Waals surface area (Å²) in [6.07, 6.45) is 0. The van der Waals surface area contributed by atoms with Crippen molar-refractivity contribution in [3.8, 4) is 0 Å². The van der Waals surface area contributed by atoms with Crippen LogP contribution < -0.4 is 0 Å². The van der Waals surface area contributed by atoms with Gasteiger partial charge in [-0.3, -0.25) is 4.79 Å². The van der Waals surface area contributed by atoms with E-state index < -0.39 is 0 Å². The Morgan fingerprint density at radius 2 is 2.05 bits per heavy atom. The van der Waals surface area contributed by atoms with E-state index in [2.05, 4.69) is 13.8 Å². The molecule has 1 N–H and O–H groups in total. The molecule has 106 valence electrons. The van der Waals surface area contributed by atoms with E-state index in [1.165, 1.54) is 5.56 Å². The first-order valence-electron chi connectivity index (χ1n) is 6.50. The van der Waals surface area contributed by atoms with Gasteiger partial charge in [0.1, 0.15) is 0 Å². The summed E-state index contributed by atoms with van der Waals surface area (Å²) in [5.41, 5.74) is 2.85. The number of ether oxygens (including phenoxy) is 1. The fourth-order valence-electron chi connectivity index (χ4n) is 1.93. The first-order valence-corrected chi connectivity index (χ1v) is 6.50. The number of carbonyl (C=O) groups excluding carboxylic acids is 1. The molecule has 1 aromatic rings. The van der Waals surface area contributed by atoms with E-state index in [4.69, 9.17) is 9.84 Å². The number of amides is 1. The molecular weight excluding hydrogens is 242 g/mol. The molecule has 0 unspecified atom stereocenters. The topological polar surface area (TPSA) is 49.8 Å². The first kappa shape index (κ1) is 15.7. The van der Waals surface area contributed by atoms with E-state index in [1.54, 1.807) is 19.0 Å². The summed E-state index contributed by atoms with van der Waals surface area (Å²) in [6, 6.07) is 5.72. The third-order valence-electron chi connectivity index (χ3n) is 2.91. The number of aliphatic hydroxyl groups is 1. The summed E-state index contributed by atoms with van der Waals surface area (Å²) in [4.78, 5) is 13.5. The molecule has 0 heterocycles. The van der Waals surface area contributed by atoms with Gasteiger partial charge >= 0.3 is 0 Å². The molecule has 0 saturated heterocycles. The average molecular weight is 265 g/mol. The number of rotatable bonds is 6. The minimum absolute atomic E-state index is 0.00727. The Balaban J connectivity index is 3.00. The van der Waals surface area contributed by atoms with E-state index in [0.29, 0.717) is 24.7 Å². The molecule has 0 aliphatic carbocycles. The maximum Gasteiger partial charge on any atom is 0.253 e. The lowest BCUT2D eigenvalue weighted by Gasteiger charge is -2.16. The molecule has 1 aromatic carbocycles. The lowest BCUT2D eigenvalue weighted by atomic mass is 9.95. The van der Waals surface area contributed by atoms with Crippen LogP contribution >= 0.6 is 0 Å². The Morgan fingerprint density at radius 1 is 1.37 bits per heavy atom. The van der Waals surface area contributed by atoms with Gasteiger partial charge in [-0.25, -0.2) is 0 Å². The van der Waals surface area contributed by atoms with Gasteiger partial charge in [-0.2, -0.15) is 0 Å². The summed E-state index contributed by atoms with van der Waals surface area (Å²) < 4.78 is 5.38. The van der Waals surface area contributed by atoms with Crippen LogP contribution in [0.15, 0.2) is 18.2 Å². The second-order valence-corrected chi connectivity index (χ2v) is 5.04. The third kappa shape index (κ3) is 4.33. The van der Waals surface area contributed by atoms with Gasteiger partial charge in [-0.05, 0) is 29.2 Å². The second kappa shape index (κ2) is 7.26. The molecule has 1 amide bonds. The van der Waals surface area contributed by atoms with Crippen molar-refractivity contribution in [3.05, 3.63) is 34.9 Å². The van der Waals surface area contributed by atoms with Crippen LogP contribution in [0.5, 0.6) is 0 Å². The molecule has 19 heavy (non-hydrogen) atoms. The summed E-state index contributed by atoms with van der Waals surface area (Å²) in [6.45, 7) is 4.95. The van der Waals surface area contributed by atoms with Gasteiger partial charge in [0, 0.05) is 19.7 Å². The molecule has 0 saturated carbocycles. The van der Waals surface area contributed by atoms with Crippen LogP contribution in [0, 0.1) is 0 Å². The van der Waals surface area contributed by atoms with Gasteiger partial charge in [-0.15, -0.1) is 0 Å². The Hall–Kier alpha value is -1.39. The van der Waals surface area contributed by atoms with Crippen LogP contribution in [0.3, 0.4) is 0 Å². The van der Waals surface area contributed by atoms with Gasteiger partial charge in [0.15, 0.2) is 0 Å². The molecule has 0 radical (unpaired) electrons. The quantitative estimate of drug-likeness (QED) is 0.801. The lowest BCUT2D eigenvalue weighted by molar-refractivity contribution is 0.0801. The fraction of sp³-hybridized carbons (Fsp3) is 0.533. The molecule has 0 aliphatic rings. The van der Waals surface area contributed by atoms with Crippen molar-refractivity contribution in [2.45, 2.75) is 26.4 Å². The van der Waals surface area contributed by atoms with Crippen molar-refractivity contribution in [1.82, 2.24) is 4.90 Å². The normalized spacial score (nSPS) is 10.8. The standard InChI is InChI=1S/C15H23NO3/c1-11(2)14-6-5-12(15(18)16(3)4)9-13(14)10-19-8-7-17/h5-6,9,11,17H,7-8,10H2,1-4H3. The number of nitrogens with zero attached hydrogens (tertiary/aromatic N) is 1. The Bertz CT molecular complexity index is 427. The maximum absolute atomic E-state index is 12.0. The minimum Gasteiger partial charge on any atom is -0.394 e. The highest BCUT2D eigenvalue weighted by Crippen LogP contribution is 2.22. The van der Waals surface area contributed by atoms with E-state index >= 15 is 0 Å². The minimum atomic E-state index is -0.0151. The van der Waals surface area contributed by atoms with Crippen molar-refractivity contribution >= 4 is 5.91 Å². The molecule has 0 atom stereocenters. The monoisotopic (exact) mass is 265 g/mol. The third-order valence-corrected chi connectivity index (χ3v) is 2.91. The van der Waals surface area contributed by atoms with Gasteiger partial charge in [0.05, 0.1) is 19.8 Å². The van der Waals surface area contributed by atoms with Crippen LogP contribution in [0.2, 0.25) is 0 Å². The van der Waals surface area contributed by atoms with Crippen LogP contribution in [0.25, 0.3) is 0 Å². The molecule has 0 aliphatic heterocycles. The molecule has 4 nitrogen and oxygen atoms in total. The Morgan fingerprint density at radius 3 is 2.58 bits per heavy atom. The highest BCUT2D eigenvalue weighted by molar-refractivity contribution is 5.94. The first-order chi connectivity index (χ1) is 8.97. The van der Waals surface area contributed by atoms with E-state index in [1.807, 2.05) is 18.2 Å². The van der Waals surface area contributed by atoms with E-state index in [9.17, 15) is 4.79 Å². The van der Waals surface area contributed by atoms with Crippen LogP contribution in [0.4, 0.5) is 0 Å². The number of hydrogen-bond donors (Lipinski definition) is 1. The predicted molar refractivity (Wildman–Crippen MR) is 75.3 cm³/mol. The molecule has 1 rings (SSSR count). The Kier molecular flexibility index (Phi) is 5.99. The zero-order valence-corrected chi connectivity index (χ0v) is 12.1. The lowest BCUT2D eigenvalue weighted by Crippen LogP contribution is -2.22. The largest absolute Gasteiger partial charge is 0.394 e. The van der Waals surface area contributed by atoms with Crippen molar-refractivity contribution in [2.75, 3.05) is 27.3 Å².